The fraction of sp³-hybridized carbons (Fsp3) is 0.786. The summed E-state index contributed by atoms with van der Waals surface area (Å²) in [5.41, 5.74) is 0. The molecule has 1 fully saturated rings. The predicted octanol–water partition coefficient (Wildman–Crippen LogP) is 2.09. The van der Waals surface area contributed by atoms with E-state index in [-0.39, 0.29) is 0 Å². The normalized spacial score (nSPS) is 19.1. The van der Waals surface area contributed by atoms with Gasteiger partial charge in [0.1, 0.15) is 0 Å². The lowest BCUT2D eigenvalue weighted by Crippen LogP contribution is -2.39. The maximum Gasteiger partial charge on any atom is 0.244 e. The molecule has 1 unspecified atom stereocenters. The van der Waals surface area contributed by atoms with Gasteiger partial charge in [-0.15, -0.1) is 5.10 Å². The number of ether oxygens (including phenoxy) is 1. The van der Waals surface area contributed by atoms with Gasteiger partial charge >= 0.3 is 0 Å². The second-order valence-corrected chi connectivity index (χ2v) is 5.16. The standard InChI is InChI=1S/C14H25N5O/c1-3-12-7-4-5-9-19(12)13-11-16-18-14(17-13)15-8-6-10-20-2/h11-12H,3-10H2,1-2H3,(H,15,17,18). The van der Waals surface area contributed by atoms with E-state index in [4.69, 9.17) is 4.74 Å². The molecule has 112 valence electrons. The Balaban J connectivity index is 1.97. The number of hydrogen-bond acceptors (Lipinski definition) is 6. The first-order chi connectivity index (χ1) is 9.85. The SMILES string of the molecule is CCC1CCCCN1c1cnnc(NCCCOC)n1. The molecule has 0 aliphatic carbocycles. The van der Waals surface area contributed by atoms with Crippen LogP contribution in [0.25, 0.3) is 0 Å². The first-order valence-electron chi connectivity index (χ1n) is 7.54. The smallest absolute Gasteiger partial charge is 0.244 e. The van der Waals surface area contributed by atoms with Crippen molar-refractivity contribution in [1.82, 2.24) is 15.2 Å². The van der Waals surface area contributed by atoms with Crippen LogP contribution >= 0.6 is 0 Å². The summed E-state index contributed by atoms with van der Waals surface area (Å²) in [6.07, 6.45) is 7.66. The van der Waals surface area contributed by atoms with Gasteiger partial charge in [0.25, 0.3) is 0 Å². The van der Waals surface area contributed by atoms with Crippen LogP contribution in [0.1, 0.15) is 39.0 Å². The molecule has 0 aromatic carbocycles. The molecule has 1 atom stereocenters. The maximum atomic E-state index is 5.02. The Morgan fingerprint density at radius 2 is 2.35 bits per heavy atom. The van der Waals surface area contributed by atoms with Crippen molar-refractivity contribution in [1.29, 1.82) is 0 Å². The summed E-state index contributed by atoms with van der Waals surface area (Å²) < 4.78 is 5.02. The third-order valence-electron chi connectivity index (χ3n) is 3.75. The molecule has 6 nitrogen and oxygen atoms in total. The summed E-state index contributed by atoms with van der Waals surface area (Å²) in [7, 11) is 1.71. The minimum atomic E-state index is 0.585. The summed E-state index contributed by atoms with van der Waals surface area (Å²) in [6, 6.07) is 0.585. The monoisotopic (exact) mass is 279 g/mol. The molecule has 20 heavy (non-hydrogen) atoms. The van der Waals surface area contributed by atoms with E-state index < -0.39 is 0 Å². The number of piperidine rings is 1. The Kier molecular flexibility index (Phi) is 5.98. The number of methoxy groups -OCH3 is 1. The van der Waals surface area contributed by atoms with Crippen LogP contribution in [0.15, 0.2) is 6.20 Å². The average Bonchev–Trinajstić information content (AvgIpc) is 2.52. The molecule has 2 heterocycles. The van der Waals surface area contributed by atoms with Crippen LogP contribution in [0, 0.1) is 0 Å². The lowest BCUT2D eigenvalue weighted by Gasteiger charge is -2.35. The van der Waals surface area contributed by atoms with E-state index in [1.807, 2.05) is 0 Å². The molecule has 0 spiro atoms. The Labute approximate surface area is 120 Å². The topological polar surface area (TPSA) is 63.2 Å². The Morgan fingerprint density at radius 1 is 1.45 bits per heavy atom. The number of nitrogens with one attached hydrogen (secondary N) is 1. The van der Waals surface area contributed by atoms with Gasteiger partial charge in [-0.05, 0) is 32.1 Å². The van der Waals surface area contributed by atoms with Crippen LogP contribution in [-0.2, 0) is 4.74 Å². The molecule has 1 aromatic rings. The van der Waals surface area contributed by atoms with Crippen molar-refractivity contribution in [2.24, 2.45) is 0 Å². The van der Waals surface area contributed by atoms with E-state index >= 15 is 0 Å². The summed E-state index contributed by atoms with van der Waals surface area (Å²) >= 11 is 0. The van der Waals surface area contributed by atoms with Gasteiger partial charge in [0.15, 0.2) is 5.82 Å². The van der Waals surface area contributed by atoms with Gasteiger partial charge in [-0.2, -0.15) is 10.1 Å². The van der Waals surface area contributed by atoms with E-state index in [9.17, 15) is 0 Å². The zero-order chi connectivity index (χ0) is 14.2. The van der Waals surface area contributed by atoms with Crippen molar-refractivity contribution in [3.63, 3.8) is 0 Å². The number of aromatic nitrogens is 3. The van der Waals surface area contributed by atoms with E-state index in [0.29, 0.717) is 12.0 Å². The highest BCUT2D eigenvalue weighted by atomic mass is 16.5. The molecule has 1 N–H and O–H groups in total. The summed E-state index contributed by atoms with van der Waals surface area (Å²) in [4.78, 5) is 6.97. The van der Waals surface area contributed by atoms with Crippen molar-refractivity contribution in [2.75, 3.05) is 37.0 Å². The highest BCUT2D eigenvalue weighted by Crippen LogP contribution is 2.24. The molecular weight excluding hydrogens is 254 g/mol. The number of hydrogen-bond donors (Lipinski definition) is 1. The molecule has 0 amide bonds. The second kappa shape index (κ2) is 7.99. The Bertz CT molecular complexity index is 401. The minimum absolute atomic E-state index is 0.585. The van der Waals surface area contributed by atoms with Crippen molar-refractivity contribution < 1.29 is 4.74 Å². The first-order valence-corrected chi connectivity index (χ1v) is 7.54. The summed E-state index contributed by atoms with van der Waals surface area (Å²) in [5.74, 6) is 1.56. The minimum Gasteiger partial charge on any atom is -0.385 e. The highest BCUT2D eigenvalue weighted by molar-refractivity contribution is 5.41. The molecule has 1 aliphatic heterocycles. The highest BCUT2D eigenvalue weighted by Gasteiger charge is 2.22. The average molecular weight is 279 g/mol. The molecule has 1 aliphatic rings. The van der Waals surface area contributed by atoms with E-state index in [1.165, 1.54) is 19.3 Å². The molecule has 1 saturated heterocycles. The number of rotatable bonds is 7. The van der Waals surface area contributed by atoms with Gasteiger partial charge in [-0.1, -0.05) is 6.92 Å². The predicted molar refractivity (Wildman–Crippen MR) is 80.1 cm³/mol. The van der Waals surface area contributed by atoms with Gasteiger partial charge in [0.2, 0.25) is 5.95 Å². The third kappa shape index (κ3) is 4.03. The van der Waals surface area contributed by atoms with Gasteiger partial charge in [-0.3, -0.25) is 0 Å². The largest absolute Gasteiger partial charge is 0.385 e. The van der Waals surface area contributed by atoms with Crippen LogP contribution < -0.4 is 10.2 Å². The number of anilines is 2. The van der Waals surface area contributed by atoms with Crippen molar-refractivity contribution in [3.8, 4) is 0 Å². The zero-order valence-electron chi connectivity index (χ0n) is 12.5. The first kappa shape index (κ1) is 15.0. The Hall–Kier alpha value is -1.43. The fourth-order valence-electron chi connectivity index (χ4n) is 2.65. The summed E-state index contributed by atoms with van der Waals surface area (Å²) in [6.45, 7) is 4.85. The van der Waals surface area contributed by atoms with Gasteiger partial charge in [0.05, 0.1) is 6.20 Å². The lowest BCUT2D eigenvalue weighted by molar-refractivity contribution is 0.197. The van der Waals surface area contributed by atoms with Crippen LogP contribution in [0.4, 0.5) is 11.8 Å². The third-order valence-corrected chi connectivity index (χ3v) is 3.75. The lowest BCUT2D eigenvalue weighted by atomic mass is 10.0. The summed E-state index contributed by atoms with van der Waals surface area (Å²) in [5, 5.41) is 11.3. The quantitative estimate of drug-likeness (QED) is 0.771. The van der Waals surface area contributed by atoms with Gasteiger partial charge < -0.3 is 15.0 Å². The van der Waals surface area contributed by atoms with Gasteiger partial charge in [0, 0.05) is 32.8 Å². The van der Waals surface area contributed by atoms with Crippen molar-refractivity contribution >= 4 is 11.8 Å². The molecule has 0 radical (unpaired) electrons. The Morgan fingerprint density at radius 3 is 3.15 bits per heavy atom. The van der Waals surface area contributed by atoms with Gasteiger partial charge in [-0.25, -0.2) is 0 Å². The van der Waals surface area contributed by atoms with Crippen LogP contribution in [0.5, 0.6) is 0 Å². The van der Waals surface area contributed by atoms with Crippen molar-refractivity contribution in [2.45, 2.75) is 45.1 Å². The van der Waals surface area contributed by atoms with Crippen LogP contribution in [0.2, 0.25) is 0 Å². The van der Waals surface area contributed by atoms with Crippen molar-refractivity contribution in [3.05, 3.63) is 6.20 Å². The molecule has 1 aromatic heterocycles. The zero-order valence-corrected chi connectivity index (χ0v) is 12.5. The second-order valence-electron chi connectivity index (χ2n) is 5.16. The fourth-order valence-corrected chi connectivity index (χ4v) is 2.65. The molecule has 2 rings (SSSR count). The number of nitrogens with zero attached hydrogens (tertiary/aromatic N) is 4. The van der Waals surface area contributed by atoms with E-state index in [0.717, 1.165) is 38.4 Å². The molecule has 0 bridgehead atoms. The molecule has 0 saturated carbocycles. The van der Waals surface area contributed by atoms with E-state index in [2.05, 4.69) is 32.3 Å². The van der Waals surface area contributed by atoms with Crippen LogP contribution in [0.3, 0.4) is 0 Å². The van der Waals surface area contributed by atoms with Crippen LogP contribution in [-0.4, -0.2) is 48.0 Å². The maximum absolute atomic E-state index is 5.02. The van der Waals surface area contributed by atoms with E-state index in [1.54, 1.807) is 13.3 Å². The molecule has 6 heteroatoms. The molecular formula is C14H25N5O.